The van der Waals surface area contributed by atoms with Gasteiger partial charge in [0.15, 0.2) is 0 Å². The first-order valence-electron chi connectivity index (χ1n) is 7.81. The normalized spacial score (nSPS) is 33.2. The Morgan fingerprint density at radius 3 is 2.64 bits per heavy atom. The van der Waals surface area contributed by atoms with Gasteiger partial charge in [-0.25, -0.2) is 0 Å². The fourth-order valence-electron chi connectivity index (χ4n) is 4.79. The second-order valence-corrected chi connectivity index (χ2v) is 7.28. The molecule has 4 heteroatoms. The number of imide groups is 1. The second kappa shape index (κ2) is 4.69. The Labute approximate surface area is 134 Å². The number of allylic oxidation sites excluding steroid dienone is 2. The van der Waals surface area contributed by atoms with Crippen LogP contribution in [-0.4, -0.2) is 12.3 Å². The highest BCUT2D eigenvalue weighted by molar-refractivity contribution is 6.31. The average Bonchev–Trinajstić information content (AvgIpc) is 3.15. The maximum atomic E-state index is 13.0. The van der Waals surface area contributed by atoms with Crippen LogP contribution in [0.25, 0.3) is 0 Å². The molecule has 2 bridgehead atoms. The molecule has 4 atom stereocenters. The molecule has 2 amide bonds. The summed E-state index contributed by atoms with van der Waals surface area (Å²) in [6, 6.07) is 6.90. The number of anilines is 1. The Morgan fingerprint density at radius 1 is 1.32 bits per heavy atom. The Bertz CT molecular complexity index is 679. The first-order chi connectivity index (χ1) is 10.6. The number of hydrogen-bond donors (Lipinski definition) is 0. The summed E-state index contributed by atoms with van der Waals surface area (Å²) in [4.78, 5) is 25.8. The third kappa shape index (κ3) is 1.75. The zero-order chi connectivity index (χ0) is 15.5. The van der Waals surface area contributed by atoms with Crippen LogP contribution in [0.5, 0.6) is 0 Å². The van der Waals surface area contributed by atoms with Crippen LogP contribution in [0, 0.1) is 29.1 Å². The van der Waals surface area contributed by atoms with Gasteiger partial charge in [-0.2, -0.15) is 0 Å². The molecule has 3 aliphatic carbocycles. The van der Waals surface area contributed by atoms with E-state index in [0.717, 1.165) is 0 Å². The topological polar surface area (TPSA) is 37.4 Å². The molecular weight excluding hydrogens is 298 g/mol. The van der Waals surface area contributed by atoms with Crippen LogP contribution >= 0.6 is 11.6 Å². The van der Waals surface area contributed by atoms with Crippen LogP contribution < -0.4 is 4.90 Å². The lowest BCUT2D eigenvalue weighted by molar-refractivity contribution is -0.126. The summed E-state index contributed by atoms with van der Waals surface area (Å²) in [6.07, 6.45) is 7.54. The Kier molecular flexibility index (Phi) is 2.99. The summed E-state index contributed by atoms with van der Waals surface area (Å²) >= 11 is 5.99. The minimum absolute atomic E-state index is 0.0899. The number of nitrogens with zero attached hydrogens (tertiary/aromatic N) is 1. The number of halogens is 1. The van der Waals surface area contributed by atoms with Crippen molar-refractivity contribution in [1.29, 1.82) is 0 Å². The van der Waals surface area contributed by atoms with Crippen LogP contribution in [0.3, 0.4) is 0 Å². The van der Waals surface area contributed by atoms with Crippen molar-refractivity contribution in [3.05, 3.63) is 41.4 Å². The monoisotopic (exact) mass is 315 g/mol. The quantitative estimate of drug-likeness (QED) is 0.630. The van der Waals surface area contributed by atoms with Crippen LogP contribution in [0.4, 0.5) is 5.69 Å². The lowest BCUT2D eigenvalue weighted by Gasteiger charge is -2.27. The van der Waals surface area contributed by atoms with E-state index in [1.165, 1.54) is 17.7 Å². The third-order valence-electron chi connectivity index (χ3n) is 5.92. The van der Waals surface area contributed by atoms with Crippen molar-refractivity contribution in [2.24, 2.45) is 29.1 Å². The van der Waals surface area contributed by atoms with Gasteiger partial charge in [0.05, 0.1) is 5.69 Å². The Balaban J connectivity index is 1.66. The molecular formula is C18H18ClNO2. The molecule has 3 aliphatic rings. The van der Waals surface area contributed by atoms with Gasteiger partial charge in [0, 0.05) is 10.9 Å². The summed E-state index contributed by atoms with van der Waals surface area (Å²) in [6.45, 7) is 2.15. The standard InChI is InChI=1S/C18H18ClNO2/c1-11-14-5-6-15(18(14)7-8-18)16(11)17(22)20(10-21)13-4-2-3-12(19)9-13/h2-6,9-11,14-16H,7-8H2,1H3/t11-,14+,15-,16+/m0/s1. The first-order valence-corrected chi connectivity index (χ1v) is 8.18. The van der Waals surface area contributed by atoms with Crippen LogP contribution in [0.1, 0.15) is 19.8 Å². The molecule has 1 aromatic carbocycles. The van der Waals surface area contributed by atoms with E-state index >= 15 is 0 Å². The molecule has 4 rings (SSSR count). The van der Waals surface area contributed by atoms with E-state index in [1.54, 1.807) is 24.3 Å². The van der Waals surface area contributed by atoms with Gasteiger partial charge in [0.2, 0.25) is 12.3 Å². The van der Waals surface area contributed by atoms with Gasteiger partial charge in [0.1, 0.15) is 0 Å². The van der Waals surface area contributed by atoms with E-state index < -0.39 is 0 Å². The summed E-state index contributed by atoms with van der Waals surface area (Å²) in [5.41, 5.74) is 0.874. The fourth-order valence-corrected chi connectivity index (χ4v) is 4.97. The molecule has 0 unspecified atom stereocenters. The first kappa shape index (κ1) is 14.0. The number of rotatable bonds is 3. The summed E-state index contributed by atoms with van der Waals surface area (Å²) < 4.78 is 0. The summed E-state index contributed by atoms with van der Waals surface area (Å²) in [5.74, 6) is 0.905. The highest BCUT2D eigenvalue weighted by Gasteiger charge is 2.67. The van der Waals surface area contributed by atoms with Gasteiger partial charge in [-0.1, -0.05) is 36.7 Å². The van der Waals surface area contributed by atoms with Crippen LogP contribution in [0.2, 0.25) is 5.02 Å². The van der Waals surface area contributed by atoms with Crippen molar-refractivity contribution in [3.8, 4) is 0 Å². The summed E-state index contributed by atoms with van der Waals surface area (Å²) in [7, 11) is 0. The van der Waals surface area contributed by atoms with Gasteiger partial charge in [-0.3, -0.25) is 14.5 Å². The van der Waals surface area contributed by atoms with Crippen molar-refractivity contribution < 1.29 is 9.59 Å². The lowest BCUT2D eigenvalue weighted by Crippen LogP contribution is -2.39. The van der Waals surface area contributed by atoms with Gasteiger partial charge in [-0.05, 0) is 54.2 Å². The highest BCUT2D eigenvalue weighted by Crippen LogP contribution is 2.72. The van der Waals surface area contributed by atoms with Gasteiger partial charge >= 0.3 is 0 Å². The number of carbonyl (C=O) groups is 2. The Hall–Kier alpha value is -1.61. The molecule has 2 saturated carbocycles. The predicted octanol–water partition coefficient (Wildman–Crippen LogP) is 3.68. The molecule has 1 spiro atoms. The minimum Gasteiger partial charge on any atom is -0.278 e. The number of carbonyl (C=O) groups excluding carboxylic acids is 2. The highest BCUT2D eigenvalue weighted by atomic mass is 35.5. The molecule has 3 nitrogen and oxygen atoms in total. The van der Waals surface area contributed by atoms with Crippen molar-refractivity contribution in [2.75, 3.05) is 4.90 Å². The average molecular weight is 316 g/mol. The zero-order valence-corrected chi connectivity index (χ0v) is 13.2. The molecule has 0 saturated heterocycles. The van der Waals surface area contributed by atoms with Crippen molar-refractivity contribution in [1.82, 2.24) is 0 Å². The maximum absolute atomic E-state index is 13.0. The number of benzene rings is 1. The van der Waals surface area contributed by atoms with E-state index in [2.05, 4.69) is 19.1 Å². The molecule has 0 N–H and O–H groups in total. The fraction of sp³-hybridized carbons (Fsp3) is 0.444. The molecule has 0 heterocycles. The van der Waals surface area contributed by atoms with Crippen LogP contribution in [-0.2, 0) is 9.59 Å². The molecule has 1 aromatic rings. The minimum atomic E-state index is -0.0957. The lowest BCUT2D eigenvalue weighted by atomic mass is 9.83. The molecule has 2 fully saturated rings. The number of amides is 2. The van der Waals surface area contributed by atoms with E-state index in [4.69, 9.17) is 11.6 Å². The Morgan fingerprint density at radius 2 is 2.05 bits per heavy atom. The van der Waals surface area contributed by atoms with Gasteiger partial charge in [0.25, 0.3) is 0 Å². The smallest absolute Gasteiger partial charge is 0.237 e. The molecule has 0 aliphatic heterocycles. The third-order valence-corrected chi connectivity index (χ3v) is 6.15. The summed E-state index contributed by atoms with van der Waals surface area (Å²) in [5, 5.41) is 0.525. The van der Waals surface area contributed by atoms with E-state index in [0.29, 0.717) is 40.3 Å². The van der Waals surface area contributed by atoms with Crippen molar-refractivity contribution in [2.45, 2.75) is 19.8 Å². The van der Waals surface area contributed by atoms with Crippen molar-refractivity contribution >= 4 is 29.6 Å². The number of hydrogen-bond acceptors (Lipinski definition) is 2. The van der Waals surface area contributed by atoms with E-state index in [9.17, 15) is 9.59 Å². The van der Waals surface area contributed by atoms with Crippen LogP contribution in [0.15, 0.2) is 36.4 Å². The maximum Gasteiger partial charge on any atom is 0.237 e. The van der Waals surface area contributed by atoms with Gasteiger partial charge in [-0.15, -0.1) is 0 Å². The molecule has 0 radical (unpaired) electrons. The molecule has 0 aromatic heterocycles. The molecule has 114 valence electrons. The largest absolute Gasteiger partial charge is 0.278 e. The van der Waals surface area contributed by atoms with Gasteiger partial charge < -0.3 is 0 Å². The second-order valence-electron chi connectivity index (χ2n) is 6.85. The zero-order valence-electron chi connectivity index (χ0n) is 12.4. The molecule has 22 heavy (non-hydrogen) atoms. The van der Waals surface area contributed by atoms with Crippen molar-refractivity contribution in [3.63, 3.8) is 0 Å². The van der Waals surface area contributed by atoms with E-state index in [1.807, 2.05) is 0 Å². The SMILES string of the molecule is C[C@@H]1[C@@H](C(=O)N(C=O)c2cccc(Cl)c2)[C@@H]2C=C[C@H]1C21CC1. The predicted molar refractivity (Wildman–Crippen MR) is 85.4 cm³/mol. The van der Waals surface area contributed by atoms with E-state index in [-0.39, 0.29) is 11.8 Å².